The molecule has 5 heteroatoms. The summed E-state index contributed by atoms with van der Waals surface area (Å²) in [6.45, 7) is 0. The minimum Gasteiger partial charge on any atom is -0.382 e. The van der Waals surface area contributed by atoms with Crippen molar-refractivity contribution in [2.75, 3.05) is 5.73 Å². The molecule has 0 aliphatic heterocycles. The number of hydrogen-bond acceptors (Lipinski definition) is 2. The molecular weight excluding hydrogens is 236 g/mol. The Balaban J connectivity index is 2.12. The summed E-state index contributed by atoms with van der Waals surface area (Å²) in [7, 11) is 0. The van der Waals surface area contributed by atoms with E-state index in [1.165, 1.54) is 12.1 Å². The van der Waals surface area contributed by atoms with E-state index in [4.69, 9.17) is 5.73 Å². The predicted molar refractivity (Wildman–Crippen MR) is 64.9 cm³/mol. The van der Waals surface area contributed by atoms with Crippen molar-refractivity contribution in [1.29, 1.82) is 0 Å². The quantitative estimate of drug-likeness (QED) is 0.858. The van der Waals surface area contributed by atoms with E-state index in [2.05, 4.69) is 10.2 Å². The van der Waals surface area contributed by atoms with Crippen molar-refractivity contribution in [2.24, 2.45) is 0 Å². The first-order valence-corrected chi connectivity index (χ1v) is 5.96. The lowest BCUT2D eigenvalue weighted by Gasteiger charge is -2.25. The van der Waals surface area contributed by atoms with E-state index < -0.39 is 11.6 Å². The zero-order valence-electron chi connectivity index (χ0n) is 9.71. The Kier molecular flexibility index (Phi) is 2.54. The number of hydrogen-bond donors (Lipinski definition) is 2. The smallest absolute Gasteiger partial charge is 0.153 e. The van der Waals surface area contributed by atoms with E-state index in [-0.39, 0.29) is 5.82 Å². The number of nitrogens with zero attached hydrogens (tertiary/aromatic N) is 1. The number of nitrogen functional groups attached to an aromatic ring is 1. The van der Waals surface area contributed by atoms with Crippen molar-refractivity contribution in [3.63, 3.8) is 0 Å². The molecule has 3 rings (SSSR count). The fourth-order valence-electron chi connectivity index (χ4n) is 2.34. The van der Waals surface area contributed by atoms with Crippen LogP contribution in [0.4, 0.5) is 14.6 Å². The molecule has 1 aliphatic rings. The molecule has 0 atom stereocenters. The molecule has 3 N–H and O–H groups in total. The number of halogens is 2. The van der Waals surface area contributed by atoms with Crippen molar-refractivity contribution >= 4 is 5.82 Å². The molecule has 0 amide bonds. The van der Waals surface area contributed by atoms with E-state index in [9.17, 15) is 8.78 Å². The lowest BCUT2D eigenvalue weighted by Crippen LogP contribution is -2.10. The largest absolute Gasteiger partial charge is 0.382 e. The van der Waals surface area contributed by atoms with Crippen LogP contribution in [0.5, 0.6) is 0 Å². The summed E-state index contributed by atoms with van der Waals surface area (Å²) in [5, 5.41) is 6.83. The van der Waals surface area contributed by atoms with Crippen LogP contribution in [0.25, 0.3) is 11.1 Å². The van der Waals surface area contributed by atoms with Gasteiger partial charge in [-0.05, 0) is 25.0 Å². The molecule has 1 heterocycles. The minimum absolute atomic E-state index is 0.266. The molecule has 0 radical (unpaired) electrons. The fraction of sp³-hybridized carbons (Fsp3) is 0.308. The van der Waals surface area contributed by atoms with Gasteiger partial charge in [0, 0.05) is 28.8 Å². The first-order chi connectivity index (χ1) is 8.66. The molecule has 2 aromatic rings. The number of benzene rings is 1. The van der Waals surface area contributed by atoms with Crippen molar-refractivity contribution in [1.82, 2.24) is 10.2 Å². The standard InChI is InChI=1S/C13H13F2N3/c14-8-4-5-9(10(15)6-8)11-12(7-2-1-3-7)17-18-13(11)16/h4-7H,1-3H2,(H3,16,17,18). The van der Waals surface area contributed by atoms with Gasteiger partial charge in [-0.2, -0.15) is 5.10 Å². The van der Waals surface area contributed by atoms with Gasteiger partial charge in [-0.25, -0.2) is 8.78 Å². The highest BCUT2D eigenvalue weighted by Gasteiger charge is 2.27. The number of anilines is 1. The Hall–Kier alpha value is -1.91. The van der Waals surface area contributed by atoms with Gasteiger partial charge in [0.25, 0.3) is 0 Å². The second-order valence-corrected chi connectivity index (χ2v) is 4.65. The lowest BCUT2D eigenvalue weighted by atomic mass is 9.80. The van der Waals surface area contributed by atoms with Gasteiger partial charge >= 0.3 is 0 Å². The van der Waals surface area contributed by atoms with Gasteiger partial charge in [0.05, 0.1) is 0 Å². The van der Waals surface area contributed by atoms with Gasteiger partial charge in [0.2, 0.25) is 0 Å². The highest BCUT2D eigenvalue weighted by molar-refractivity contribution is 5.77. The maximum absolute atomic E-state index is 13.8. The zero-order chi connectivity index (χ0) is 12.7. The molecule has 0 bridgehead atoms. The van der Waals surface area contributed by atoms with Crippen LogP contribution in [-0.2, 0) is 0 Å². The Labute approximate surface area is 103 Å². The average Bonchev–Trinajstić information content (AvgIpc) is 2.59. The highest BCUT2D eigenvalue weighted by atomic mass is 19.1. The van der Waals surface area contributed by atoms with Crippen LogP contribution >= 0.6 is 0 Å². The third-order valence-electron chi connectivity index (χ3n) is 3.54. The third-order valence-corrected chi connectivity index (χ3v) is 3.54. The average molecular weight is 249 g/mol. The fourth-order valence-corrected chi connectivity index (χ4v) is 2.34. The van der Waals surface area contributed by atoms with E-state index in [1.54, 1.807) is 0 Å². The highest BCUT2D eigenvalue weighted by Crippen LogP contribution is 2.42. The van der Waals surface area contributed by atoms with Crippen molar-refractivity contribution in [3.05, 3.63) is 35.5 Å². The maximum Gasteiger partial charge on any atom is 0.153 e. The molecule has 1 aromatic carbocycles. The van der Waals surface area contributed by atoms with E-state index in [0.717, 1.165) is 31.0 Å². The Bertz CT molecular complexity index is 588. The zero-order valence-corrected chi connectivity index (χ0v) is 9.71. The molecule has 0 unspecified atom stereocenters. The summed E-state index contributed by atoms with van der Waals surface area (Å²) in [5.74, 6) is -0.580. The summed E-state index contributed by atoms with van der Waals surface area (Å²) in [6.07, 6.45) is 3.27. The summed E-state index contributed by atoms with van der Waals surface area (Å²) in [5.41, 5.74) is 7.55. The van der Waals surface area contributed by atoms with Crippen LogP contribution in [0.1, 0.15) is 30.9 Å². The number of aromatic amines is 1. The van der Waals surface area contributed by atoms with Gasteiger partial charge in [-0.15, -0.1) is 0 Å². The van der Waals surface area contributed by atoms with Crippen molar-refractivity contribution in [2.45, 2.75) is 25.2 Å². The second-order valence-electron chi connectivity index (χ2n) is 4.65. The topological polar surface area (TPSA) is 54.7 Å². The van der Waals surface area contributed by atoms with Crippen LogP contribution in [-0.4, -0.2) is 10.2 Å². The summed E-state index contributed by atoms with van der Waals surface area (Å²) >= 11 is 0. The number of aromatic nitrogens is 2. The van der Waals surface area contributed by atoms with Crippen LogP contribution < -0.4 is 5.73 Å². The number of nitrogens with one attached hydrogen (secondary N) is 1. The van der Waals surface area contributed by atoms with Gasteiger partial charge in [-0.3, -0.25) is 5.10 Å². The SMILES string of the molecule is Nc1n[nH]c(C2CCC2)c1-c1ccc(F)cc1F. The van der Waals surface area contributed by atoms with Gasteiger partial charge in [0.1, 0.15) is 11.6 Å². The number of rotatable bonds is 2. The van der Waals surface area contributed by atoms with Gasteiger partial charge < -0.3 is 5.73 Å². The number of H-pyrrole nitrogens is 1. The number of nitrogens with two attached hydrogens (primary N) is 1. The first-order valence-electron chi connectivity index (χ1n) is 5.96. The molecule has 0 spiro atoms. The second kappa shape index (κ2) is 4.08. The third kappa shape index (κ3) is 1.66. The Morgan fingerprint density at radius 2 is 2.06 bits per heavy atom. The Morgan fingerprint density at radius 3 is 2.67 bits per heavy atom. The molecular formula is C13H13F2N3. The summed E-state index contributed by atoms with van der Waals surface area (Å²) in [6, 6.07) is 3.51. The van der Waals surface area contributed by atoms with E-state index in [1.807, 2.05) is 0 Å². The molecule has 1 fully saturated rings. The summed E-state index contributed by atoms with van der Waals surface area (Å²) < 4.78 is 26.8. The van der Waals surface area contributed by atoms with Crippen LogP contribution in [0.15, 0.2) is 18.2 Å². The molecule has 1 aliphatic carbocycles. The lowest BCUT2D eigenvalue weighted by molar-refractivity contribution is 0.411. The monoisotopic (exact) mass is 249 g/mol. The maximum atomic E-state index is 13.8. The Morgan fingerprint density at radius 1 is 1.28 bits per heavy atom. The van der Waals surface area contributed by atoms with Crippen LogP contribution in [0, 0.1) is 11.6 Å². The van der Waals surface area contributed by atoms with Crippen molar-refractivity contribution in [3.8, 4) is 11.1 Å². The molecule has 94 valence electrons. The first kappa shape index (κ1) is 11.2. The molecule has 18 heavy (non-hydrogen) atoms. The normalized spacial score (nSPS) is 15.7. The van der Waals surface area contributed by atoms with Crippen molar-refractivity contribution < 1.29 is 8.78 Å². The van der Waals surface area contributed by atoms with E-state index in [0.29, 0.717) is 17.0 Å². The van der Waals surface area contributed by atoms with Crippen LogP contribution in [0.3, 0.4) is 0 Å². The molecule has 1 aromatic heterocycles. The molecule has 0 saturated heterocycles. The van der Waals surface area contributed by atoms with Crippen LogP contribution in [0.2, 0.25) is 0 Å². The minimum atomic E-state index is -0.608. The molecule has 3 nitrogen and oxygen atoms in total. The van der Waals surface area contributed by atoms with Gasteiger partial charge in [0.15, 0.2) is 5.82 Å². The summed E-state index contributed by atoms with van der Waals surface area (Å²) in [4.78, 5) is 0. The van der Waals surface area contributed by atoms with E-state index >= 15 is 0 Å². The van der Waals surface area contributed by atoms with Gasteiger partial charge in [-0.1, -0.05) is 6.42 Å². The molecule has 1 saturated carbocycles. The predicted octanol–water partition coefficient (Wildman–Crippen LogP) is 3.20.